The van der Waals surface area contributed by atoms with Gasteiger partial charge in [0, 0.05) is 49.4 Å². The molecule has 3 N–H and O–H groups in total. The Bertz CT molecular complexity index is 2220. The first kappa shape index (κ1) is 39.0. The van der Waals surface area contributed by atoms with Crippen LogP contribution in [-0.4, -0.2) is 102 Å². The van der Waals surface area contributed by atoms with Gasteiger partial charge in [-0.1, -0.05) is 74.5 Å². The number of cyclic esters (lactones) is 1. The molecule has 1 saturated carbocycles. The van der Waals surface area contributed by atoms with Crippen LogP contribution in [0.5, 0.6) is 0 Å². The maximum atomic E-state index is 14.8. The first-order valence-corrected chi connectivity index (χ1v) is 19.8. The fourth-order valence-corrected chi connectivity index (χ4v) is 9.43. The fraction of sp³-hybridized carbons (Fsp3) is 0.432. The molecule has 308 valence electrons. The van der Waals surface area contributed by atoms with Gasteiger partial charge in [-0.2, -0.15) is 5.06 Å². The number of hydrogen-bond acceptors (Lipinski definition) is 13. The topological polar surface area (TPSA) is 188 Å². The summed E-state index contributed by atoms with van der Waals surface area (Å²) in [5.41, 5.74) is 2.50. The van der Waals surface area contributed by atoms with Gasteiger partial charge in [-0.15, -0.1) is 0 Å². The molecule has 4 saturated heterocycles. The third kappa shape index (κ3) is 7.00. The van der Waals surface area contributed by atoms with Gasteiger partial charge in [0.2, 0.25) is 12.0 Å². The zero-order chi connectivity index (χ0) is 41.1. The van der Waals surface area contributed by atoms with Gasteiger partial charge < -0.3 is 39.4 Å². The number of aliphatic hydroxyl groups is 1. The standard InChI is InChI=1S/C44H45N3O12/c1-42(2)24-54-40(52)37(42)56-32(49)14-13-25-7-5-9-27(17-25)23-47-35-39(51)55-31-21-44(35,41(53)46-22-26-8-6-12-28(18-26)38(50)45-15-16-48)36(59-47)34-33(31)57-43(58-34)19-29-10-3-4-11-30(29)20-43/h3-14,17-18,31,33-37,48H,15-16,19-24H2,1-2H3,(H,45,50)(H,46,53). The number of rotatable bonds is 11. The van der Waals surface area contributed by atoms with Crippen LogP contribution in [0.15, 0.2) is 78.9 Å². The van der Waals surface area contributed by atoms with Crippen LogP contribution in [0.25, 0.3) is 6.08 Å². The SMILES string of the molecule is CC1(C)COC(=O)C1OC(=O)C=Cc1cccc(CN2OC3C4OC5(Cc6ccccc6C5)OC4C4CC3(C(=O)NCc3cccc(C(=O)NCCO)c3)C2C(=O)O4)c1. The zero-order valence-electron chi connectivity index (χ0n) is 32.6. The van der Waals surface area contributed by atoms with E-state index in [0.29, 0.717) is 35.1 Å². The molecule has 6 aliphatic rings. The predicted octanol–water partition coefficient (Wildman–Crippen LogP) is 2.31. The van der Waals surface area contributed by atoms with E-state index in [-0.39, 0.29) is 45.2 Å². The number of carbonyl (C=O) groups is 5. The van der Waals surface area contributed by atoms with E-state index in [1.165, 1.54) is 11.1 Å². The average molecular weight is 808 g/mol. The molecule has 4 aliphatic heterocycles. The minimum absolute atomic E-state index is 0.0573. The predicted molar refractivity (Wildman–Crippen MR) is 205 cm³/mol. The van der Waals surface area contributed by atoms with Gasteiger partial charge in [-0.25, -0.2) is 9.59 Å². The number of aliphatic hydroxyl groups excluding tert-OH is 1. The minimum atomic E-state index is -1.44. The number of hydrogen-bond donors (Lipinski definition) is 3. The molecular weight excluding hydrogens is 762 g/mol. The van der Waals surface area contributed by atoms with Crippen molar-refractivity contribution < 1.29 is 57.6 Å². The quantitative estimate of drug-likeness (QED) is 0.146. The lowest BCUT2D eigenvalue weighted by Gasteiger charge is -2.48. The number of amides is 2. The average Bonchev–Trinajstić information content (AvgIpc) is 3.96. The van der Waals surface area contributed by atoms with Gasteiger partial charge in [-0.05, 0) is 46.0 Å². The molecule has 2 bridgehead atoms. The van der Waals surface area contributed by atoms with Crippen molar-refractivity contribution in [3.8, 4) is 0 Å². The number of benzene rings is 3. The fourth-order valence-electron chi connectivity index (χ4n) is 9.43. The van der Waals surface area contributed by atoms with Crippen molar-refractivity contribution in [2.24, 2.45) is 10.8 Å². The molecule has 2 aliphatic carbocycles. The lowest BCUT2D eigenvalue weighted by molar-refractivity contribution is -0.217. The Hall–Kier alpha value is -5.45. The molecule has 15 heteroatoms. The molecule has 3 aromatic rings. The zero-order valence-corrected chi connectivity index (χ0v) is 32.6. The maximum absolute atomic E-state index is 14.8. The summed E-state index contributed by atoms with van der Waals surface area (Å²) in [6.45, 7) is 3.77. The highest BCUT2D eigenvalue weighted by atomic mass is 16.8. The molecule has 15 nitrogen and oxygen atoms in total. The smallest absolute Gasteiger partial charge is 0.348 e. The second-order valence-corrected chi connectivity index (χ2v) is 16.8. The van der Waals surface area contributed by atoms with Gasteiger partial charge in [0.05, 0.1) is 13.2 Å². The summed E-state index contributed by atoms with van der Waals surface area (Å²) < 4.78 is 30.2. The molecule has 0 radical (unpaired) electrons. The number of nitrogens with one attached hydrogen (secondary N) is 2. The van der Waals surface area contributed by atoms with Gasteiger partial charge >= 0.3 is 17.9 Å². The van der Waals surface area contributed by atoms with E-state index in [9.17, 15) is 24.0 Å². The van der Waals surface area contributed by atoms with E-state index in [1.807, 2.05) is 36.4 Å². The van der Waals surface area contributed by atoms with Crippen molar-refractivity contribution >= 4 is 35.8 Å². The maximum Gasteiger partial charge on any atom is 0.348 e. The van der Waals surface area contributed by atoms with E-state index in [4.69, 9.17) is 33.6 Å². The number of hydroxylamine groups is 2. The number of fused-ring (bicyclic) bond motifs is 5. The highest BCUT2D eigenvalue weighted by molar-refractivity contribution is 5.95. The molecule has 4 heterocycles. The lowest BCUT2D eigenvalue weighted by Crippen LogP contribution is -2.69. The molecule has 2 amide bonds. The highest BCUT2D eigenvalue weighted by Gasteiger charge is 2.76. The summed E-state index contributed by atoms with van der Waals surface area (Å²) >= 11 is 0. The van der Waals surface area contributed by atoms with Crippen LogP contribution in [0.4, 0.5) is 0 Å². The number of ether oxygens (including phenoxy) is 5. The van der Waals surface area contributed by atoms with Gasteiger partial charge in [0.25, 0.3) is 5.91 Å². The molecule has 3 aromatic carbocycles. The summed E-state index contributed by atoms with van der Waals surface area (Å²) in [5, 5.41) is 16.3. The Morgan fingerprint density at radius 2 is 1.66 bits per heavy atom. The molecule has 59 heavy (non-hydrogen) atoms. The first-order valence-electron chi connectivity index (χ1n) is 19.8. The van der Waals surface area contributed by atoms with E-state index in [2.05, 4.69) is 10.6 Å². The van der Waals surface area contributed by atoms with Crippen molar-refractivity contribution in [2.45, 2.75) is 88.5 Å². The summed E-state index contributed by atoms with van der Waals surface area (Å²) in [4.78, 5) is 73.3. The summed E-state index contributed by atoms with van der Waals surface area (Å²) in [6.07, 6.45) is -0.224. The van der Waals surface area contributed by atoms with Gasteiger partial charge in [0.15, 0.2) is 11.8 Å². The molecule has 5 fully saturated rings. The largest absolute Gasteiger partial charge is 0.462 e. The Morgan fingerprint density at radius 3 is 2.41 bits per heavy atom. The van der Waals surface area contributed by atoms with Crippen LogP contribution in [0, 0.1) is 10.8 Å². The number of esters is 3. The van der Waals surface area contributed by atoms with E-state index in [0.717, 1.165) is 11.1 Å². The van der Waals surface area contributed by atoms with Gasteiger partial charge in [0.1, 0.15) is 36.4 Å². The van der Waals surface area contributed by atoms with Gasteiger partial charge in [-0.3, -0.25) is 19.2 Å². The Labute approximate surface area is 339 Å². The van der Waals surface area contributed by atoms with Crippen molar-refractivity contribution in [3.63, 3.8) is 0 Å². The van der Waals surface area contributed by atoms with Crippen LogP contribution in [0.2, 0.25) is 0 Å². The normalized spacial score (nSPS) is 29.5. The van der Waals surface area contributed by atoms with Crippen LogP contribution in [0.1, 0.15) is 58.4 Å². The van der Waals surface area contributed by atoms with Crippen LogP contribution in [-0.2, 0) is 73.6 Å². The monoisotopic (exact) mass is 807 g/mol. The first-order chi connectivity index (χ1) is 28.4. The van der Waals surface area contributed by atoms with Crippen LogP contribution >= 0.6 is 0 Å². The molecule has 7 unspecified atom stereocenters. The van der Waals surface area contributed by atoms with Crippen molar-refractivity contribution in [2.75, 3.05) is 19.8 Å². The number of nitrogens with zero attached hydrogens (tertiary/aromatic N) is 1. The summed E-state index contributed by atoms with van der Waals surface area (Å²) in [7, 11) is 0. The second kappa shape index (κ2) is 15.0. The van der Waals surface area contributed by atoms with E-state index < -0.39 is 77.0 Å². The third-order valence-corrected chi connectivity index (χ3v) is 12.2. The molecule has 1 spiro atoms. The molecule has 9 rings (SSSR count). The summed E-state index contributed by atoms with van der Waals surface area (Å²) in [6, 6.07) is 20.9. The Kier molecular flexibility index (Phi) is 9.91. The molecule has 7 atom stereocenters. The third-order valence-electron chi connectivity index (χ3n) is 12.2. The van der Waals surface area contributed by atoms with Crippen molar-refractivity contribution in [1.29, 1.82) is 0 Å². The van der Waals surface area contributed by atoms with Crippen molar-refractivity contribution in [3.05, 3.63) is 112 Å². The Morgan fingerprint density at radius 1 is 0.915 bits per heavy atom. The van der Waals surface area contributed by atoms with E-state index >= 15 is 0 Å². The molecule has 0 aromatic heterocycles. The minimum Gasteiger partial charge on any atom is -0.462 e. The second-order valence-electron chi connectivity index (χ2n) is 16.8. The Balaban J connectivity index is 0.982. The highest BCUT2D eigenvalue weighted by Crippen LogP contribution is 2.58. The summed E-state index contributed by atoms with van der Waals surface area (Å²) in [5.74, 6) is -3.69. The van der Waals surface area contributed by atoms with Crippen LogP contribution < -0.4 is 10.6 Å². The van der Waals surface area contributed by atoms with Crippen LogP contribution in [0.3, 0.4) is 0 Å². The van der Waals surface area contributed by atoms with E-state index in [1.54, 1.807) is 56.3 Å². The lowest BCUT2D eigenvalue weighted by atomic mass is 9.62. The molecular formula is C44H45N3O12. The number of carbonyl (C=O) groups excluding carboxylic acids is 5. The van der Waals surface area contributed by atoms with Crippen molar-refractivity contribution in [1.82, 2.24) is 15.7 Å².